The van der Waals surface area contributed by atoms with E-state index in [-0.39, 0.29) is 6.61 Å². The van der Waals surface area contributed by atoms with Crippen molar-refractivity contribution in [2.45, 2.75) is 96.2 Å². The number of esters is 1. The van der Waals surface area contributed by atoms with Crippen LogP contribution in [0.1, 0.15) is 6.42 Å². The molecule has 1 unspecified atom stereocenters. The lowest BCUT2D eigenvalue weighted by molar-refractivity contribution is -0.210. The van der Waals surface area contributed by atoms with E-state index in [2.05, 4.69) is 78.6 Å². The monoisotopic (exact) mass is 570 g/mol. The lowest BCUT2D eigenvalue weighted by Crippen LogP contribution is -2.73. The van der Waals surface area contributed by atoms with Gasteiger partial charge in [0, 0.05) is 10.2 Å². The van der Waals surface area contributed by atoms with Crippen molar-refractivity contribution in [1.82, 2.24) is 0 Å². The quantitative estimate of drug-likeness (QED) is 0.0929. The van der Waals surface area contributed by atoms with Gasteiger partial charge in [0.1, 0.15) is 10.5 Å². The van der Waals surface area contributed by atoms with Gasteiger partial charge in [0.05, 0.1) is 18.8 Å². The molecule has 0 fully saturated rings. The van der Waals surface area contributed by atoms with Crippen molar-refractivity contribution in [2.75, 3.05) is 13.2 Å². The van der Waals surface area contributed by atoms with Crippen molar-refractivity contribution >= 4 is 60.0 Å². The van der Waals surface area contributed by atoms with Gasteiger partial charge in [-0.05, 0) is 78.4 Å². The van der Waals surface area contributed by atoms with E-state index in [1.807, 2.05) is 0 Å². The molecular weight excluding hydrogens is 521 g/mol. The maximum absolute atomic E-state index is 12.4. The Morgan fingerprint density at radius 3 is 1.76 bits per heavy atom. The van der Waals surface area contributed by atoms with Gasteiger partial charge < -0.3 is 26.9 Å². The second-order valence-electron chi connectivity index (χ2n) is 11.8. The highest BCUT2D eigenvalue weighted by molar-refractivity contribution is 6.79. The largest absolute Gasteiger partial charge is 0.462 e. The van der Waals surface area contributed by atoms with Gasteiger partial charge in [0.15, 0.2) is 31.2 Å². The number of hydrogen-bond donors (Lipinski definition) is 0. The maximum Gasteiger partial charge on any atom is 0.335 e. The van der Waals surface area contributed by atoms with Crippen LogP contribution in [0.15, 0.2) is 12.2 Å². The van der Waals surface area contributed by atoms with Gasteiger partial charge in [-0.15, -0.1) is 0 Å². The zero-order valence-corrected chi connectivity index (χ0v) is 31.5. The smallest absolute Gasteiger partial charge is 0.335 e. The molecule has 0 aromatic heterocycles. The first-order valence-electron chi connectivity index (χ1n) is 11.8. The van der Waals surface area contributed by atoms with Crippen molar-refractivity contribution < 1.29 is 31.7 Å². The predicted octanol–water partition coefficient (Wildman–Crippen LogP) is 2.89. The van der Waals surface area contributed by atoms with Gasteiger partial charge in [-0.2, -0.15) is 0 Å². The normalized spacial score (nSPS) is 15.0. The average Bonchev–Trinajstić information content (AvgIpc) is 2.60. The molecule has 0 bridgehead atoms. The Kier molecular flexibility index (Phi) is 13.2. The summed E-state index contributed by atoms with van der Waals surface area (Å²) in [6.45, 7) is 27.7. The first-order valence-corrected chi connectivity index (χ1v) is 27.2. The molecule has 0 aliphatic heterocycles. The van der Waals surface area contributed by atoms with Crippen molar-refractivity contribution in [3.63, 3.8) is 0 Å². The zero-order valence-electron chi connectivity index (χ0n) is 23.5. The third-order valence-corrected chi connectivity index (χ3v) is 11.6. The van der Waals surface area contributed by atoms with Crippen LogP contribution in [-0.2, 0) is 31.7 Å². The minimum atomic E-state index is -2.88. The lowest BCUT2D eigenvalue weighted by Gasteiger charge is -2.53. The van der Waals surface area contributed by atoms with E-state index >= 15 is 0 Å². The van der Waals surface area contributed by atoms with Crippen LogP contribution in [0.3, 0.4) is 0 Å². The standard InChI is InChI=1S/C20H50O7Si6/c1-17(18(21)22-14-13-15-28)16-23-33(11,12)20(26-31(5,6)7,27-32(8,9)10)19(24-29)25-30(2,3)4/h19H,1,13-16H2,2-12,28-29H3. The number of carbonyl (C=O) groups is 1. The molecule has 196 valence electrons. The summed E-state index contributed by atoms with van der Waals surface area (Å²) in [5.74, 6) is -0.410. The molecular formula is C20H50O7Si6. The highest BCUT2D eigenvalue weighted by atomic mass is 28.4. The van der Waals surface area contributed by atoms with E-state index in [4.69, 9.17) is 26.9 Å². The molecule has 0 saturated carbocycles. The molecule has 0 heterocycles. The van der Waals surface area contributed by atoms with E-state index in [0.717, 1.165) is 22.7 Å². The summed E-state index contributed by atoms with van der Waals surface area (Å²) < 4.78 is 38.2. The second-order valence-corrected chi connectivity index (χ2v) is 30.6. The fourth-order valence-corrected chi connectivity index (χ4v) is 12.6. The Hall–Kier alpha value is 0.311. The van der Waals surface area contributed by atoms with Crippen LogP contribution in [0.25, 0.3) is 0 Å². The van der Waals surface area contributed by atoms with E-state index < -0.39 is 50.9 Å². The van der Waals surface area contributed by atoms with Crippen molar-refractivity contribution in [3.8, 4) is 0 Å². The third kappa shape index (κ3) is 12.2. The van der Waals surface area contributed by atoms with Gasteiger partial charge >= 0.3 is 5.97 Å². The van der Waals surface area contributed by atoms with Crippen LogP contribution >= 0.6 is 0 Å². The lowest BCUT2D eigenvalue weighted by atomic mass is 10.3. The molecule has 0 N–H and O–H groups in total. The topological polar surface area (TPSA) is 72.5 Å². The Morgan fingerprint density at radius 1 is 0.909 bits per heavy atom. The van der Waals surface area contributed by atoms with Crippen molar-refractivity contribution in [1.29, 1.82) is 0 Å². The predicted molar refractivity (Wildman–Crippen MR) is 154 cm³/mol. The number of hydrogen-bond acceptors (Lipinski definition) is 7. The van der Waals surface area contributed by atoms with Gasteiger partial charge in [0.25, 0.3) is 8.32 Å². The number of carbonyl (C=O) groups excluding carboxylic acids is 1. The van der Waals surface area contributed by atoms with Crippen molar-refractivity contribution in [3.05, 3.63) is 12.2 Å². The van der Waals surface area contributed by atoms with Crippen molar-refractivity contribution in [2.24, 2.45) is 0 Å². The van der Waals surface area contributed by atoms with Crippen LogP contribution in [-0.4, -0.2) is 84.9 Å². The van der Waals surface area contributed by atoms with E-state index in [0.29, 0.717) is 22.7 Å². The number of rotatable bonds is 16. The molecule has 1 atom stereocenters. The second kappa shape index (κ2) is 13.0. The summed E-state index contributed by atoms with van der Waals surface area (Å²) in [6, 6.07) is 1.10. The highest BCUT2D eigenvalue weighted by Gasteiger charge is 2.61. The van der Waals surface area contributed by atoms with Crippen LogP contribution in [0, 0.1) is 0 Å². The third-order valence-electron chi connectivity index (χ3n) is 4.37. The summed E-state index contributed by atoms with van der Waals surface area (Å²) in [4.78, 5) is 12.4. The molecule has 33 heavy (non-hydrogen) atoms. The first kappa shape index (κ1) is 33.3. The summed E-state index contributed by atoms with van der Waals surface area (Å²) in [6.07, 6.45) is 0.196. The van der Waals surface area contributed by atoms with E-state index in [9.17, 15) is 4.79 Å². The summed E-state index contributed by atoms with van der Waals surface area (Å²) in [7, 11) is -7.62. The first-order chi connectivity index (χ1) is 14.7. The molecule has 0 aliphatic rings. The van der Waals surface area contributed by atoms with Gasteiger partial charge in [-0.3, -0.25) is 0 Å². The summed E-state index contributed by atoms with van der Waals surface area (Å²) in [5.41, 5.74) is -0.866. The molecule has 13 heteroatoms. The van der Waals surface area contributed by atoms with E-state index in [1.165, 1.54) is 0 Å². The zero-order chi connectivity index (χ0) is 26.3. The van der Waals surface area contributed by atoms with Crippen LogP contribution in [0.5, 0.6) is 0 Å². The van der Waals surface area contributed by atoms with Gasteiger partial charge in [-0.25, -0.2) is 4.79 Å². The molecule has 7 nitrogen and oxygen atoms in total. The molecule has 0 spiro atoms. The van der Waals surface area contributed by atoms with Crippen LogP contribution in [0.2, 0.25) is 78.1 Å². The molecule has 0 aromatic rings. The SMILES string of the molecule is C=C(CO[Si](C)(C)C(O[Si](C)(C)C)(O[Si](C)(C)C)C(O[SiH3])O[Si](C)(C)C)C(=O)OCCC[SiH3]. The average molecular weight is 571 g/mol. The molecule has 0 aliphatic carbocycles. The Morgan fingerprint density at radius 2 is 1.39 bits per heavy atom. The summed E-state index contributed by atoms with van der Waals surface area (Å²) in [5, 5.41) is 0. The maximum atomic E-state index is 12.4. The fourth-order valence-electron chi connectivity index (χ4n) is 3.00. The highest BCUT2D eigenvalue weighted by Crippen LogP contribution is 2.39. The van der Waals surface area contributed by atoms with Crippen LogP contribution < -0.4 is 0 Å². The Balaban J connectivity index is 6.23. The molecule has 0 aromatic carbocycles. The molecule has 0 radical (unpaired) electrons. The van der Waals surface area contributed by atoms with E-state index in [1.54, 1.807) is 0 Å². The molecule has 0 saturated heterocycles. The minimum Gasteiger partial charge on any atom is -0.462 e. The fraction of sp³-hybridized carbons (Fsp3) is 0.850. The van der Waals surface area contributed by atoms with Crippen LogP contribution in [0.4, 0.5) is 0 Å². The number of ether oxygens (including phenoxy) is 1. The van der Waals surface area contributed by atoms with Gasteiger partial charge in [0.2, 0.25) is 5.41 Å². The Labute approximate surface area is 212 Å². The molecule has 0 amide bonds. The summed E-state index contributed by atoms with van der Waals surface area (Å²) >= 11 is 0. The Bertz CT molecular complexity index is 622. The molecule has 0 rings (SSSR count). The minimum absolute atomic E-state index is 0.0611. The van der Waals surface area contributed by atoms with Gasteiger partial charge in [-0.1, -0.05) is 12.6 Å².